The van der Waals surface area contributed by atoms with Gasteiger partial charge in [-0.1, -0.05) is 6.58 Å². The van der Waals surface area contributed by atoms with Gasteiger partial charge in [0.15, 0.2) is 0 Å². The highest BCUT2D eigenvalue weighted by Crippen LogP contribution is 2.14. The highest BCUT2D eigenvalue weighted by atomic mass is 32.2. The van der Waals surface area contributed by atoms with Crippen LogP contribution in [-0.4, -0.2) is 40.8 Å². The Kier molecular flexibility index (Phi) is 11.1. The van der Waals surface area contributed by atoms with E-state index >= 15 is 0 Å². The zero-order chi connectivity index (χ0) is 15.9. The molecule has 0 saturated carbocycles. The third-order valence-electron chi connectivity index (χ3n) is 2.15. The van der Waals surface area contributed by atoms with Crippen LogP contribution in [0, 0.1) is 0 Å². The topological polar surface area (TPSA) is 149 Å². The fourth-order valence-corrected chi connectivity index (χ4v) is 1.52. The second-order valence-electron chi connectivity index (χ2n) is 5.34. The van der Waals surface area contributed by atoms with Crippen LogP contribution in [0.4, 0.5) is 4.79 Å². The van der Waals surface area contributed by atoms with Crippen molar-refractivity contribution in [3.05, 3.63) is 30.5 Å². The molecule has 1 heterocycles. The lowest BCUT2D eigenvalue weighted by Crippen LogP contribution is -2.34. The summed E-state index contributed by atoms with van der Waals surface area (Å²) in [6.45, 7) is 9.79. The van der Waals surface area contributed by atoms with Crippen molar-refractivity contribution < 1.29 is 26.6 Å². The third kappa shape index (κ3) is 10.5. The molecule has 0 aliphatic carbocycles. The van der Waals surface area contributed by atoms with Crippen LogP contribution in [0.1, 0.15) is 22.2 Å². The molecular weight excluding hydrogens is 322 g/mol. The summed E-state index contributed by atoms with van der Waals surface area (Å²) in [5.41, 5.74) is 0.189. The zero-order valence-corrected chi connectivity index (χ0v) is 14.3. The summed E-state index contributed by atoms with van der Waals surface area (Å²) < 4.78 is 10.6. The van der Waals surface area contributed by atoms with Gasteiger partial charge in [-0.05, 0) is 44.4 Å². The van der Waals surface area contributed by atoms with Crippen molar-refractivity contribution >= 4 is 18.0 Å². The quantitative estimate of drug-likeness (QED) is 0.580. The number of alkyl carbamates (subject to hydrolysis) is 1. The summed E-state index contributed by atoms with van der Waals surface area (Å²) in [5.74, 6) is 0.478. The highest BCUT2D eigenvalue weighted by Gasteiger charge is 2.15. The van der Waals surface area contributed by atoms with Crippen molar-refractivity contribution in [2.24, 2.45) is 5.14 Å². The Morgan fingerprint density at radius 1 is 1.43 bits per heavy atom. The van der Waals surface area contributed by atoms with Gasteiger partial charge in [0, 0.05) is 25.1 Å². The molecular formula is C14H27N3O5S. The van der Waals surface area contributed by atoms with Crippen LogP contribution >= 0.6 is 11.9 Å². The summed E-state index contributed by atoms with van der Waals surface area (Å²) >= 11 is 1.12. The minimum Gasteiger partial charge on any atom is -0.473 e. The second-order valence-corrected chi connectivity index (χ2v) is 6.05. The number of nitrogens with two attached hydrogens (primary N) is 1. The van der Waals surface area contributed by atoms with Gasteiger partial charge in [-0.3, -0.25) is 5.14 Å². The number of pyridine rings is 1. The van der Waals surface area contributed by atoms with E-state index < -0.39 is 11.7 Å². The summed E-state index contributed by atoms with van der Waals surface area (Å²) in [4.78, 5) is 16.4. The largest absolute Gasteiger partial charge is 0.473 e. The number of nitrogens with one attached hydrogen (secondary N) is 1. The summed E-state index contributed by atoms with van der Waals surface area (Å²) in [6, 6.07) is 3.54. The first-order valence-corrected chi connectivity index (χ1v) is 7.27. The molecule has 8 nitrogen and oxygen atoms in total. The Morgan fingerprint density at radius 2 is 2.09 bits per heavy atom. The average Bonchev–Trinajstić information content (AvgIpc) is 2.41. The number of aromatic nitrogens is 1. The van der Waals surface area contributed by atoms with E-state index in [0.717, 1.165) is 16.8 Å². The van der Waals surface area contributed by atoms with Gasteiger partial charge in [0.05, 0.1) is 0 Å². The summed E-state index contributed by atoms with van der Waals surface area (Å²) in [6.07, 6.45) is 1.15. The first kappa shape index (κ1) is 23.5. The van der Waals surface area contributed by atoms with Gasteiger partial charge >= 0.3 is 6.09 Å². The molecule has 0 saturated heterocycles. The lowest BCUT2D eigenvalue weighted by Gasteiger charge is -2.20. The van der Waals surface area contributed by atoms with Crippen LogP contribution in [0.3, 0.4) is 0 Å². The summed E-state index contributed by atoms with van der Waals surface area (Å²) in [5, 5.41) is 8.02. The fraction of sp³-hybridized carbons (Fsp3) is 0.429. The molecule has 0 radical (unpaired) electrons. The van der Waals surface area contributed by atoms with Gasteiger partial charge in [-0.2, -0.15) is 0 Å². The molecule has 0 aliphatic heterocycles. The maximum atomic E-state index is 11.5. The normalized spacial score (nSPS) is 9.91. The van der Waals surface area contributed by atoms with Crippen LogP contribution in [0.25, 0.3) is 0 Å². The molecule has 0 spiro atoms. The molecule has 0 atom stereocenters. The van der Waals surface area contributed by atoms with E-state index in [9.17, 15) is 4.79 Å². The first-order valence-electron chi connectivity index (χ1n) is 6.39. The summed E-state index contributed by atoms with van der Waals surface area (Å²) in [7, 11) is 0. The number of hydrogen-bond acceptors (Lipinski definition) is 6. The lowest BCUT2D eigenvalue weighted by molar-refractivity contribution is 0.0532. The molecule has 1 aromatic rings. The Morgan fingerprint density at radius 3 is 2.57 bits per heavy atom. The molecule has 134 valence electrons. The van der Waals surface area contributed by atoms with E-state index in [0.29, 0.717) is 11.5 Å². The number of ether oxygens (including phenoxy) is 2. The maximum Gasteiger partial charge on any atom is 0.407 e. The van der Waals surface area contributed by atoms with E-state index in [2.05, 4.69) is 16.9 Å². The number of carbonyl (C=O) groups is 1. The Balaban J connectivity index is -0.00000147. The molecule has 1 amide bonds. The molecule has 23 heavy (non-hydrogen) atoms. The average molecular weight is 349 g/mol. The van der Waals surface area contributed by atoms with Crippen molar-refractivity contribution in [2.75, 3.05) is 13.2 Å². The van der Waals surface area contributed by atoms with Crippen molar-refractivity contribution in [1.29, 1.82) is 0 Å². The minimum atomic E-state index is -0.519. The Bertz CT molecular complexity index is 494. The second kappa shape index (κ2) is 10.8. The number of rotatable bonds is 6. The molecule has 0 aliphatic rings. The molecule has 9 heteroatoms. The van der Waals surface area contributed by atoms with Gasteiger partial charge in [-0.25, -0.2) is 9.78 Å². The van der Waals surface area contributed by atoms with Crippen molar-refractivity contribution in [3.63, 3.8) is 0 Å². The molecule has 0 bridgehead atoms. The zero-order valence-electron chi connectivity index (χ0n) is 13.5. The highest BCUT2D eigenvalue weighted by molar-refractivity contribution is 7.97. The SMILES string of the molecule is C=C(CNC(=O)OC(C)(C)C)COc1ccc(SN)cn1.O.O.[HH]. The number of nitrogens with zero attached hydrogens (tertiary/aromatic N) is 1. The van der Waals surface area contributed by atoms with Gasteiger partial charge in [0.25, 0.3) is 0 Å². The Hall–Kier alpha value is -1.81. The molecule has 7 N–H and O–H groups in total. The lowest BCUT2D eigenvalue weighted by atomic mass is 10.2. The van der Waals surface area contributed by atoms with Crippen molar-refractivity contribution in [1.82, 2.24) is 10.3 Å². The molecule has 0 aromatic carbocycles. The standard InChI is InChI=1S/C14H21N3O3S.2H2O.H2/c1-10(7-17-13(18)20-14(2,3)4)9-19-12-6-5-11(21-15)8-16-12;;;/h5-6,8H,1,7,9,15H2,2-4H3,(H,17,18);2*1H2;1H. The van der Waals surface area contributed by atoms with E-state index in [1.165, 1.54) is 0 Å². The molecule has 1 rings (SSSR count). The van der Waals surface area contributed by atoms with Gasteiger partial charge in [0.2, 0.25) is 5.88 Å². The van der Waals surface area contributed by atoms with Crippen LogP contribution in [0.15, 0.2) is 35.4 Å². The fourth-order valence-electron chi connectivity index (χ4n) is 1.26. The van der Waals surface area contributed by atoms with E-state index in [4.69, 9.17) is 14.6 Å². The predicted molar refractivity (Wildman–Crippen MR) is 92.5 cm³/mol. The van der Waals surface area contributed by atoms with Gasteiger partial charge < -0.3 is 25.7 Å². The van der Waals surface area contributed by atoms with Crippen LogP contribution in [-0.2, 0) is 4.74 Å². The number of amides is 1. The van der Waals surface area contributed by atoms with Gasteiger partial charge in [0.1, 0.15) is 12.2 Å². The van der Waals surface area contributed by atoms with Gasteiger partial charge in [-0.15, -0.1) is 0 Å². The van der Waals surface area contributed by atoms with Crippen molar-refractivity contribution in [3.8, 4) is 5.88 Å². The first-order chi connectivity index (χ1) is 9.80. The minimum absolute atomic E-state index is 0. The number of hydrogen-bond donors (Lipinski definition) is 2. The molecule has 0 unspecified atom stereocenters. The molecule has 0 fully saturated rings. The third-order valence-corrected chi connectivity index (χ3v) is 2.66. The smallest absolute Gasteiger partial charge is 0.407 e. The van der Waals surface area contributed by atoms with E-state index in [1.807, 2.05) is 6.07 Å². The molecule has 1 aromatic heterocycles. The monoisotopic (exact) mass is 349 g/mol. The van der Waals surface area contributed by atoms with Crippen LogP contribution in [0.5, 0.6) is 5.88 Å². The van der Waals surface area contributed by atoms with Crippen LogP contribution < -0.4 is 15.2 Å². The number of carbonyl (C=O) groups excluding carboxylic acids is 1. The van der Waals surface area contributed by atoms with E-state index in [1.54, 1.807) is 33.0 Å². The van der Waals surface area contributed by atoms with Crippen LogP contribution in [0.2, 0.25) is 0 Å². The predicted octanol–water partition coefficient (Wildman–Crippen LogP) is 1.10. The Labute approximate surface area is 141 Å². The van der Waals surface area contributed by atoms with Crippen molar-refractivity contribution in [2.45, 2.75) is 31.3 Å². The van der Waals surface area contributed by atoms with E-state index in [-0.39, 0.29) is 25.5 Å². The maximum absolute atomic E-state index is 11.5.